The van der Waals surface area contributed by atoms with Crippen LogP contribution in [0.3, 0.4) is 0 Å². The minimum Gasteiger partial charge on any atom is -0.481 e. The zero-order chi connectivity index (χ0) is 23.6. The van der Waals surface area contributed by atoms with Crippen LogP contribution in [0.2, 0.25) is 0 Å². The quantitative estimate of drug-likeness (QED) is 0.247. The largest absolute Gasteiger partial charge is 0.481 e. The van der Waals surface area contributed by atoms with Gasteiger partial charge in [-0.2, -0.15) is 0 Å². The van der Waals surface area contributed by atoms with E-state index in [-0.39, 0.29) is 23.9 Å². The van der Waals surface area contributed by atoms with Gasteiger partial charge in [0.15, 0.2) is 0 Å². The summed E-state index contributed by atoms with van der Waals surface area (Å²) < 4.78 is 24.7. The van der Waals surface area contributed by atoms with Crippen molar-refractivity contribution in [2.45, 2.75) is 32.2 Å². The number of anilines is 1. The minimum atomic E-state index is -1.23. The summed E-state index contributed by atoms with van der Waals surface area (Å²) in [6.45, 7) is 1.32. The molecule has 1 aliphatic rings. The highest BCUT2D eigenvalue weighted by atomic mass is 19.1. The van der Waals surface area contributed by atoms with Crippen molar-refractivity contribution < 1.29 is 19.0 Å². The van der Waals surface area contributed by atoms with Gasteiger partial charge in [0.25, 0.3) is 0 Å². The van der Waals surface area contributed by atoms with Gasteiger partial charge in [-0.25, -0.2) is 4.39 Å². The van der Waals surface area contributed by atoms with E-state index in [1.807, 2.05) is 30.3 Å². The van der Waals surface area contributed by atoms with Gasteiger partial charge in [0.1, 0.15) is 11.9 Å². The van der Waals surface area contributed by atoms with Crippen LogP contribution in [0.5, 0.6) is 0 Å². The molecule has 0 spiro atoms. The van der Waals surface area contributed by atoms with Crippen molar-refractivity contribution >= 4 is 11.6 Å². The van der Waals surface area contributed by atoms with Gasteiger partial charge in [-0.15, -0.1) is 0 Å². The SMILES string of the molecule is COC(=N)/C=C(\Nc1ccc(F)cc1COCc1ccccc1)C(O)/C(N)=C/NCC1CC1. The van der Waals surface area contributed by atoms with Crippen molar-refractivity contribution in [3.63, 3.8) is 0 Å². The third kappa shape index (κ3) is 7.93. The lowest BCUT2D eigenvalue weighted by Gasteiger charge is -2.20. The molecule has 0 aliphatic heterocycles. The summed E-state index contributed by atoms with van der Waals surface area (Å²) in [4.78, 5) is 0. The second-order valence-electron chi connectivity index (χ2n) is 7.97. The molecule has 1 saturated carbocycles. The van der Waals surface area contributed by atoms with Crippen molar-refractivity contribution in [2.75, 3.05) is 19.0 Å². The highest BCUT2D eigenvalue weighted by molar-refractivity contribution is 5.86. The Labute approximate surface area is 193 Å². The molecule has 7 nitrogen and oxygen atoms in total. The first kappa shape index (κ1) is 24.3. The van der Waals surface area contributed by atoms with Crippen LogP contribution in [0.4, 0.5) is 10.1 Å². The molecule has 3 rings (SSSR count). The summed E-state index contributed by atoms with van der Waals surface area (Å²) in [5.41, 5.74) is 8.57. The Bertz CT molecular complexity index is 990. The number of hydrogen-bond acceptors (Lipinski definition) is 7. The number of nitrogens with two attached hydrogens (primary N) is 1. The van der Waals surface area contributed by atoms with Crippen molar-refractivity contribution in [2.24, 2.45) is 11.7 Å². The van der Waals surface area contributed by atoms with E-state index in [2.05, 4.69) is 10.6 Å². The van der Waals surface area contributed by atoms with Gasteiger partial charge in [0, 0.05) is 30.1 Å². The van der Waals surface area contributed by atoms with Crippen LogP contribution in [0.1, 0.15) is 24.0 Å². The zero-order valence-electron chi connectivity index (χ0n) is 18.7. The molecule has 1 fully saturated rings. The normalized spacial score (nSPS) is 15.1. The average Bonchev–Trinajstić information content (AvgIpc) is 3.64. The summed E-state index contributed by atoms with van der Waals surface area (Å²) >= 11 is 0. The Balaban J connectivity index is 1.73. The molecule has 1 unspecified atom stereocenters. The van der Waals surface area contributed by atoms with E-state index < -0.39 is 11.9 Å². The molecule has 2 aromatic rings. The van der Waals surface area contributed by atoms with Gasteiger partial charge in [0.05, 0.1) is 31.7 Å². The first-order chi connectivity index (χ1) is 16.0. The summed E-state index contributed by atoms with van der Waals surface area (Å²) in [6.07, 6.45) is 4.07. The summed E-state index contributed by atoms with van der Waals surface area (Å²) in [5.74, 6) is 0.0798. The zero-order valence-corrected chi connectivity index (χ0v) is 18.7. The van der Waals surface area contributed by atoms with E-state index in [4.69, 9.17) is 20.6 Å². The highest BCUT2D eigenvalue weighted by Gasteiger charge is 2.21. The maximum atomic E-state index is 14.0. The first-order valence-electron chi connectivity index (χ1n) is 10.8. The number of halogens is 1. The van der Waals surface area contributed by atoms with Crippen LogP contribution in [0.15, 0.2) is 72.2 Å². The fourth-order valence-corrected chi connectivity index (χ4v) is 3.12. The van der Waals surface area contributed by atoms with E-state index in [0.717, 1.165) is 12.1 Å². The van der Waals surface area contributed by atoms with Crippen LogP contribution in [-0.4, -0.2) is 30.8 Å². The summed E-state index contributed by atoms with van der Waals surface area (Å²) in [7, 11) is 1.36. The lowest BCUT2D eigenvalue weighted by atomic mass is 10.1. The molecule has 0 aromatic heterocycles. The standard InChI is InChI=1S/C25H31FN4O3/c1-32-24(28)12-23(25(31)21(27)14-29-13-17-7-8-17)30-22-10-9-20(26)11-19(22)16-33-15-18-5-3-2-4-6-18/h2-6,9-12,14,17,25,28-31H,7-8,13,15-16,27H2,1H3/b21-14-,23-12-,28-24?. The van der Waals surface area contributed by atoms with Crippen LogP contribution in [0.25, 0.3) is 0 Å². The molecule has 1 aliphatic carbocycles. The van der Waals surface area contributed by atoms with Crippen molar-refractivity contribution in [1.82, 2.24) is 5.32 Å². The smallest absolute Gasteiger partial charge is 0.207 e. The van der Waals surface area contributed by atoms with E-state index in [1.54, 1.807) is 12.3 Å². The van der Waals surface area contributed by atoms with E-state index >= 15 is 0 Å². The molecule has 0 radical (unpaired) electrons. The lowest BCUT2D eigenvalue weighted by Crippen LogP contribution is -2.27. The van der Waals surface area contributed by atoms with E-state index in [0.29, 0.717) is 23.8 Å². The average molecular weight is 455 g/mol. The number of rotatable bonds is 12. The van der Waals surface area contributed by atoms with Crippen LogP contribution in [-0.2, 0) is 22.7 Å². The Hall–Kier alpha value is -3.36. The molecule has 8 heteroatoms. The number of nitrogens with one attached hydrogen (secondary N) is 3. The third-order valence-corrected chi connectivity index (χ3v) is 5.20. The third-order valence-electron chi connectivity index (χ3n) is 5.20. The number of ether oxygens (including phenoxy) is 2. The fourth-order valence-electron chi connectivity index (χ4n) is 3.12. The van der Waals surface area contributed by atoms with Crippen molar-refractivity contribution in [3.8, 4) is 0 Å². The maximum Gasteiger partial charge on any atom is 0.207 e. The van der Waals surface area contributed by atoms with Gasteiger partial charge >= 0.3 is 0 Å². The summed E-state index contributed by atoms with van der Waals surface area (Å²) in [5, 5.41) is 24.9. The van der Waals surface area contributed by atoms with Crippen molar-refractivity contribution in [3.05, 3.63) is 89.1 Å². The molecule has 0 bridgehead atoms. The maximum absolute atomic E-state index is 14.0. The Kier molecular flexibility index (Phi) is 8.86. The van der Waals surface area contributed by atoms with Crippen LogP contribution >= 0.6 is 0 Å². The van der Waals surface area contributed by atoms with Gasteiger partial charge in [-0.1, -0.05) is 30.3 Å². The minimum absolute atomic E-state index is 0.147. The number of hydrogen-bond donors (Lipinski definition) is 5. The fraction of sp³-hybridized carbons (Fsp3) is 0.320. The van der Waals surface area contributed by atoms with E-state index in [1.165, 1.54) is 38.2 Å². The molecule has 0 saturated heterocycles. The number of benzene rings is 2. The summed E-state index contributed by atoms with van der Waals surface area (Å²) in [6, 6.07) is 13.9. The molecule has 33 heavy (non-hydrogen) atoms. The number of methoxy groups -OCH3 is 1. The second kappa shape index (κ2) is 12.0. The lowest BCUT2D eigenvalue weighted by molar-refractivity contribution is 0.107. The van der Waals surface area contributed by atoms with Crippen LogP contribution < -0.4 is 16.4 Å². The molecule has 0 amide bonds. The molecule has 6 N–H and O–H groups in total. The Morgan fingerprint density at radius 3 is 2.70 bits per heavy atom. The Morgan fingerprint density at radius 2 is 2.00 bits per heavy atom. The van der Waals surface area contributed by atoms with Crippen molar-refractivity contribution in [1.29, 1.82) is 5.41 Å². The highest BCUT2D eigenvalue weighted by Crippen LogP contribution is 2.27. The van der Waals surface area contributed by atoms with Gasteiger partial charge < -0.3 is 30.9 Å². The van der Waals surface area contributed by atoms with Gasteiger partial charge in [-0.05, 0) is 42.5 Å². The molecule has 0 heterocycles. The molecular formula is C25H31FN4O3. The molecule has 2 aromatic carbocycles. The molecular weight excluding hydrogens is 423 g/mol. The molecule has 176 valence electrons. The predicted octanol–water partition coefficient (Wildman–Crippen LogP) is 3.62. The van der Waals surface area contributed by atoms with Gasteiger partial charge in [-0.3, -0.25) is 5.41 Å². The first-order valence-corrected chi connectivity index (χ1v) is 10.8. The topological polar surface area (TPSA) is 113 Å². The Morgan fingerprint density at radius 1 is 1.24 bits per heavy atom. The van der Waals surface area contributed by atoms with Gasteiger partial charge in [0.2, 0.25) is 5.90 Å². The number of aliphatic hydroxyl groups excluding tert-OH is 1. The van der Waals surface area contributed by atoms with E-state index in [9.17, 15) is 9.50 Å². The molecule has 1 atom stereocenters. The predicted molar refractivity (Wildman–Crippen MR) is 127 cm³/mol. The van der Waals surface area contributed by atoms with Crippen LogP contribution in [0, 0.1) is 17.1 Å². The number of aliphatic hydroxyl groups is 1. The monoisotopic (exact) mass is 454 g/mol. The second-order valence-corrected chi connectivity index (χ2v) is 7.97.